The quantitative estimate of drug-likeness (QED) is 0.617. The molecule has 0 aliphatic heterocycles. The Hall–Kier alpha value is -0.0800. The van der Waals surface area contributed by atoms with Gasteiger partial charge in [0.15, 0.2) is 0 Å². The van der Waals surface area contributed by atoms with E-state index in [1.807, 2.05) is 7.05 Å². The van der Waals surface area contributed by atoms with Gasteiger partial charge in [-0.3, -0.25) is 5.43 Å². The number of rotatable bonds is 6. The molecule has 0 aliphatic rings. The maximum absolute atomic E-state index is 3.14. The molecule has 0 aromatic carbocycles. The number of nitrogens with one attached hydrogen (secondary N) is 1. The molecule has 0 amide bonds. The highest BCUT2D eigenvalue weighted by Gasteiger charge is 2.13. The summed E-state index contributed by atoms with van der Waals surface area (Å²) >= 11 is 0. The number of hydrazine groups is 1. The van der Waals surface area contributed by atoms with Gasteiger partial charge in [0.25, 0.3) is 0 Å². The van der Waals surface area contributed by atoms with Crippen LogP contribution in [0.25, 0.3) is 0 Å². The van der Waals surface area contributed by atoms with Gasteiger partial charge >= 0.3 is 0 Å². The van der Waals surface area contributed by atoms with Crippen LogP contribution in [0, 0.1) is 11.8 Å². The van der Waals surface area contributed by atoms with Crippen LogP contribution in [0.5, 0.6) is 0 Å². The molecule has 2 heteroatoms. The molecule has 1 atom stereocenters. The minimum atomic E-state index is 0.792. The first-order valence-electron chi connectivity index (χ1n) is 5.00. The normalized spacial score (nSPS) is 14.2. The predicted octanol–water partition coefficient (Wildman–Crippen LogP) is 2.12. The molecule has 0 saturated heterocycles. The summed E-state index contributed by atoms with van der Waals surface area (Å²) in [4.78, 5) is 0. The molecule has 0 heterocycles. The summed E-state index contributed by atoms with van der Waals surface area (Å²) in [6.45, 7) is 8.03. The molecular weight excluding hydrogens is 148 g/mol. The Kier molecular flexibility index (Phi) is 6.39. The van der Waals surface area contributed by atoms with Crippen molar-refractivity contribution >= 4 is 0 Å². The second-order valence-corrected chi connectivity index (χ2v) is 3.90. The third kappa shape index (κ3) is 4.73. The third-order valence-corrected chi connectivity index (χ3v) is 2.49. The Morgan fingerprint density at radius 1 is 1.33 bits per heavy atom. The van der Waals surface area contributed by atoms with Crippen molar-refractivity contribution in [3.63, 3.8) is 0 Å². The fourth-order valence-electron chi connectivity index (χ4n) is 1.45. The summed E-state index contributed by atoms with van der Waals surface area (Å²) in [5, 5.41) is 2.17. The zero-order valence-electron chi connectivity index (χ0n) is 9.22. The fraction of sp³-hybridized carbons (Fsp3) is 1.00. The lowest BCUT2D eigenvalue weighted by molar-refractivity contribution is 0.182. The number of nitrogens with zero attached hydrogens (tertiary/aromatic N) is 1. The van der Waals surface area contributed by atoms with E-state index in [0.717, 1.165) is 18.4 Å². The summed E-state index contributed by atoms with van der Waals surface area (Å²) in [5.41, 5.74) is 3.14. The highest BCUT2D eigenvalue weighted by Crippen LogP contribution is 2.17. The summed E-state index contributed by atoms with van der Waals surface area (Å²) in [7, 11) is 4.08. The van der Waals surface area contributed by atoms with Crippen LogP contribution in [0.4, 0.5) is 0 Å². The highest BCUT2D eigenvalue weighted by atomic mass is 15.5. The molecule has 0 bridgehead atoms. The van der Waals surface area contributed by atoms with E-state index in [1.54, 1.807) is 0 Å². The Labute approximate surface area is 77.3 Å². The van der Waals surface area contributed by atoms with E-state index in [0.29, 0.717) is 0 Å². The summed E-state index contributed by atoms with van der Waals surface area (Å²) in [6, 6.07) is 0. The van der Waals surface area contributed by atoms with Gasteiger partial charge in [-0.15, -0.1) is 0 Å². The van der Waals surface area contributed by atoms with E-state index in [9.17, 15) is 0 Å². The smallest absolute Gasteiger partial charge is 0.0158 e. The molecule has 0 spiro atoms. The molecular formula is C10H24N2. The van der Waals surface area contributed by atoms with Crippen LogP contribution in [0.15, 0.2) is 0 Å². The average Bonchev–Trinajstić information content (AvgIpc) is 2.03. The van der Waals surface area contributed by atoms with Gasteiger partial charge in [0.1, 0.15) is 0 Å². The lowest BCUT2D eigenvalue weighted by Crippen LogP contribution is -2.36. The van der Waals surface area contributed by atoms with Gasteiger partial charge in [0.05, 0.1) is 0 Å². The van der Waals surface area contributed by atoms with E-state index in [-0.39, 0.29) is 0 Å². The first-order valence-corrected chi connectivity index (χ1v) is 5.00. The topological polar surface area (TPSA) is 15.3 Å². The van der Waals surface area contributed by atoms with Gasteiger partial charge < -0.3 is 0 Å². The molecule has 0 radical (unpaired) electrons. The Morgan fingerprint density at radius 2 is 1.92 bits per heavy atom. The van der Waals surface area contributed by atoms with Crippen LogP contribution < -0.4 is 5.43 Å². The van der Waals surface area contributed by atoms with E-state index in [4.69, 9.17) is 0 Å². The maximum Gasteiger partial charge on any atom is 0.0158 e. The summed E-state index contributed by atoms with van der Waals surface area (Å²) < 4.78 is 0. The molecule has 0 saturated carbocycles. The molecule has 2 nitrogen and oxygen atoms in total. The molecule has 0 aromatic rings. The molecule has 1 N–H and O–H groups in total. The van der Waals surface area contributed by atoms with Crippen molar-refractivity contribution in [3.05, 3.63) is 0 Å². The second-order valence-electron chi connectivity index (χ2n) is 3.90. The zero-order valence-corrected chi connectivity index (χ0v) is 9.22. The summed E-state index contributed by atoms with van der Waals surface area (Å²) in [5.74, 6) is 1.62. The molecule has 0 rings (SSSR count). The number of hydrogen-bond donors (Lipinski definition) is 1. The minimum Gasteiger partial charge on any atom is -0.259 e. The van der Waals surface area contributed by atoms with Crippen molar-refractivity contribution in [1.82, 2.24) is 10.4 Å². The van der Waals surface area contributed by atoms with Crippen LogP contribution in [0.3, 0.4) is 0 Å². The largest absolute Gasteiger partial charge is 0.259 e. The molecule has 0 fully saturated rings. The minimum absolute atomic E-state index is 0.792. The van der Waals surface area contributed by atoms with E-state index >= 15 is 0 Å². The van der Waals surface area contributed by atoms with Crippen molar-refractivity contribution in [2.24, 2.45) is 11.8 Å². The van der Waals surface area contributed by atoms with Gasteiger partial charge in [0.2, 0.25) is 0 Å². The molecule has 12 heavy (non-hydrogen) atoms. The zero-order chi connectivity index (χ0) is 9.56. The highest BCUT2D eigenvalue weighted by molar-refractivity contribution is 4.64. The van der Waals surface area contributed by atoms with Crippen molar-refractivity contribution in [2.45, 2.75) is 33.6 Å². The average molecular weight is 172 g/mol. The van der Waals surface area contributed by atoms with Crippen LogP contribution in [0.1, 0.15) is 33.6 Å². The van der Waals surface area contributed by atoms with Gasteiger partial charge in [-0.1, -0.05) is 27.2 Å². The van der Waals surface area contributed by atoms with Crippen LogP contribution in [-0.4, -0.2) is 25.6 Å². The first-order chi connectivity index (χ1) is 5.61. The Bertz CT molecular complexity index is 102. The van der Waals surface area contributed by atoms with Gasteiger partial charge in [0, 0.05) is 13.6 Å². The monoisotopic (exact) mass is 172 g/mol. The number of hydrogen-bond acceptors (Lipinski definition) is 2. The standard InChI is InChI=1S/C10H24N2/c1-6-7-10(9(2)3)8-12(5)11-4/h9-11H,6-8H2,1-5H3. The Balaban J connectivity index is 3.77. The van der Waals surface area contributed by atoms with E-state index in [2.05, 4.69) is 38.3 Å². The van der Waals surface area contributed by atoms with Gasteiger partial charge in [-0.2, -0.15) is 0 Å². The lowest BCUT2D eigenvalue weighted by Gasteiger charge is -2.25. The molecule has 0 aliphatic carbocycles. The van der Waals surface area contributed by atoms with Crippen molar-refractivity contribution < 1.29 is 0 Å². The van der Waals surface area contributed by atoms with E-state index in [1.165, 1.54) is 12.8 Å². The Morgan fingerprint density at radius 3 is 2.25 bits per heavy atom. The van der Waals surface area contributed by atoms with Crippen LogP contribution in [-0.2, 0) is 0 Å². The second kappa shape index (κ2) is 6.44. The van der Waals surface area contributed by atoms with Crippen molar-refractivity contribution in [3.8, 4) is 0 Å². The molecule has 1 unspecified atom stereocenters. The predicted molar refractivity (Wildman–Crippen MR) is 54.9 cm³/mol. The van der Waals surface area contributed by atoms with Gasteiger partial charge in [-0.25, -0.2) is 5.01 Å². The van der Waals surface area contributed by atoms with Crippen molar-refractivity contribution in [2.75, 3.05) is 20.6 Å². The summed E-state index contributed by atoms with van der Waals surface area (Å²) in [6.07, 6.45) is 2.63. The fourth-order valence-corrected chi connectivity index (χ4v) is 1.45. The molecule has 0 aromatic heterocycles. The molecule has 74 valence electrons. The van der Waals surface area contributed by atoms with Crippen molar-refractivity contribution in [1.29, 1.82) is 0 Å². The SMILES string of the molecule is CCCC(CN(C)NC)C(C)C. The van der Waals surface area contributed by atoms with E-state index < -0.39 is 0 Å². The third-order valence-electron chi connectivity index (χ3n) is 2.49. The van der Waals surface area contributed by atoms with Crippen LogP contribution >= 0.6 is 0 Å². The lowest BCUT2D eigenvalue weighted by atomic mass is 9.91. The van der Waals surface area contributed by atoms with Crippen LogP contribution in [0.2, 0.25) is 0 Å². The maximum atomic E-state index is 3.14. The van der Waals surface area contributed by atoms with Gasteiger partial charge in [-0.05, 0) is 25.3 Å². The first kappa shape index (κ1) is 11.9.